The molecule has 1 aromatic rings. The molecule has 0 radical (unpaired) electrons. The topological polar surface area (TPSA) is 97.0 Å². The predicted molar refractivity (Wildman–Crippen MR) is 102 cm³/mol. The van der Waals surface area contributed by atoms with E-state index < -0.39 is 17.9 Å². The van der Waals surface area contributed by atoms with Crippen molar-refractivity contribution >= 4 is 35.1 Å². The van der Waals surface area contributed by atoms with Gasteiger partial charge >= 0.3 is 5.97 Å². The molecular weight excluding hydrogens is 370 g/mol. The van der Waals surface area contributed by atoms with E-state index in [2.05, 4.69) is 10.6 Å². The zero-order chi connectivity index (χ0) is 20.0. The quantitative estimate of drug-likeness (QED) is 0.565. The van der Waals surface area contributed by atoms with Crippen LogP contribution in [-0.2, 0) is 14.3 Å². The van der Waals surface area contributed by atoms with Gasteiger partial charge in [0.25, 0.3) is 5.91 Å². The number of hydrogen-bond donors (Lipinski definition) is 2. The summed E-state index contributed by atoms with van der Waals surface area (Å²) in [4.78, 5) is 38.1. The number of methoxy groups -OCH3 is 1. The molecule has 0 spiro atoms. The van der Waals surface area contributed by atoms with Crippen LogP contribution < -0.4 is 15.4 Å². The Bertz CT molecular complexity index is 720. The maximum Gasteiger partial charge on any atom is 0.308 e. The van der Waals surface area contributed by atoms with Crippen molar-refractivity contribution in [1.29, 1.82) is 0 Å². The number of benzene rings is 1. The minimum absolute atomic E-state index is 0.0908. The number of nitrogens with zero attached hydrogens (tertiary/aromatic N) is 1. The number of thiocarbonyl (C=S) groups is 1. The first-order chi connectivity index (χ1) is 12.8. The fraction of sp³-hybridized carbons (Fsp3) is 0.444. The maximum atomic E-state index is 12.4. The number of piperazine rings is 1. The third-order valence-electron chi connectivity index (χ3n) is 3.89. The Morgan fingerprint density at radius 1 is 1.33 bits per heavy atom. The minimum Gasteiger partial charge on any atom is -0.497 e. The molecule has 1 aromatic carbocycles. The lowest BCUT2D eigenvalue weighted by Gasteiger charge is -2.36. The van der Waals surface area contributed by atoms with Gasteiger partial charge < -0.3 is 19.7 Å². The van der Waals surface area contributed by atoms with Crippen LogP contribution in [0, 0.1) is 0 Å². The second-order valence-electron chi connectivity index (χ2n) is 6.23. The number of ether oxygens (including phenoxy) is 2. The largest absolute Gasteiger partial charge is 0.497 e. The standard InChI is InChI=1S/C18H23N3O5S/c1-11(2)26-15(22)10-14-17(24)19-8-9-21(14)18(27)20-16(23)12-4-6-13(25-3)7-5-12/h4-7,11,14H,8-10H2,1-3H3,(H,19,24)(H,20,23,27)/t14-/m0/s1. The molecule has 0 saturated carbocycles. The molecule has 146 valence electrons. The van der Waals surface area contributed by atoms with Gasteiger partial charge in [-0.05, 0) is 50.3 Å². The highest BCUT2D eigenvalue weighted by Gasteiger charge is 2.34. The van der Waals surface area contributed by atoms with Crippen LogP contribution in [0.25, 0.3) is 0 Å². The molecule has 1 fully saturated rings. The normalized spacial score (nSPS) is 16.5. The summed E-state index contributed by atoms with van der Waals surface area (Å²) in [6.07, 6.45) is -0.429. The summed E-state index contributed by atoms with van der Waals surface area (Å²) in [6.45, 7) is 4.22. The molecule has 2 rings (SSSR count). The number of nitrogens with one attached hydrogen (secondary N) is 2. The van der Waals surface area contributed by atoms with Gasteiger partial charge in [0.15, 0.2) is 5.11 Å². The molecular formula is C18H23N3O5S. The molecule has 2 amide bonds. The fourth-order valence-electron chi connectivity index (χ4n) is 2.61. The van der Waals surface area contributed by atoms with Crippen LogP contribution in [0.2, 0.25) is 0 Å². The van der Waals surface area contributed by atoms with Gasteiger partial charge in [0.2, 0.25) is 5.91 Å². The Morgan fingerprint density at radius 2 is 2.00 bits per heavy atom. The van der Waals surface area contributed by atoms with Crippen LogP contribution in [0.4, 0.5) is 0 Å². The summed E-state index contributed by atoms with van der Waals surface area (Å²) in [6, 6.07) is 5.72. The maximum absolute atomic E-state index is 12.4. The summed E-state index contributed by atoms with van der Waals surface area (Å²) in [7, 11) is 1.54. The molecule has 0 bridgehead atoms. The third-order valence-corrected chi connectivity index (χ3v) is 4.23. The van der Waals surface area contributed by atoms with E-state index in [9.17, 15) is 14.4 Å². The van der Waals surface area contributed by atoms with Crippen molar-refractivity contribution in [1.82, 2.24) is 15.5 Å². The Kier molecular flexibility index (Phi) is 7.12. The molecule has 1 aliphatic heterocycles. The summed E-state index contributed by atoms with van der Waals surface area (Å²) in [5.41, 5.74) is 0.398. The average Bonchev–Trinajstić information content (AvgIpc) is 2.62. The number of esters is 1. The monoisotopic (exact) mass is 393 g/mol. The SMILES string of the molecule is COc1ccc(C(=O)NC(=S)N2CCNC(=O)[C@@H]2CC(=O)OC(C)C)cc1. The second kappa shape index (κ2) is 9.31. The summed E-state index contributed by atoms with van der Waals surface area (Å²) < 4.78 is 10.2. The minimum atomic E-state index is -0.825. The molecule has 8 nitrogen and oxygen atoms in total. The van der Waals surface area contributed by atoms with Crippen molar-refractivity contribution in [2.24, 2.45) is 0 Å². The Hall–Kier alpha value is -2.68. The van der Waals surface area contributed by atoms with Crippen LogP contribution in [0.1, 0.15) is 30.6 Å². The van der Waals surface area contributed by atoms with Crippen molar-refractivity contribution < 1.29 is 23.9 Å². The first-order valence-electron chi connectivity index (χ1n) is 8.55. The summed E-state index contributed by atoms with van der Waals surface area (Å²) >= 11 is 5.31. The van der Waals surface area contributed by atoms with E-state index >= 15 is 0 Å². The molecule has 1 saturated heterocycles. The van der Waals surface area contributed by atoms with Gasteiger partial charge in [0, 0.05) is 18.7 Å². The molecule has 27 heavy (non-hydrogen) atoms. The van der Waals surface area contributed by atoms with E-state index in [1.165, 1.54) is 12.0 Å². The molecule has 0 aliphatic carbocycles. The molecule has 1 heterocycles. The van der Waals surface area contributed by atoms with Crippen LogP contribution in [0.15, 0.2) is 24.3 Å². The number of carbonyl (C=O) groups is 3. The van der Waals surface area contributed by atoms with Gasteiger partial charge in [0.1, 0.15) is 11.8 Å². The average molecular weight is 393 g/mol. The van der Waals surface area contributed by atoms with Gasteiger partial charge in [-0.3, -0.25) is 19.7 Å². The van der Waals surface area contributed by atoms with Crippen LogP contribution in [0.5, 0.6) is 5.75 Å². The fourth-order valence-corrected chi connectivity index (χ4v) is 2.92. The third kappa shape index (κ3) is 5.65. The molecule has 0 unspecified atom stereocenters. The number of amides is 2. The van der Waals surface area contributed by atoms with Gasteiger partial charge in [-0.15, -0.1) is 0 Å². The first-order valence-corrected chi connectivity index (χ1v) is 8.96. The van der Waals surface area contributed by atoms with Crippen molar-refractivity contribution in [2.75, 3.05) is 20.2 Å². The van der Waals surface area contributed by atoms with E-state index in [-0.39, 0.29) is 23.5 Å². The highest BCUT2D eigenvalue weighted by molar-refractivity contribution is 7.80. The Labute approximate surface area is 163 Å². The van der Waals surface area contributed by atoms with Gasteiger partial charge in [-0.2, -0.15) is 0 Å². The number of hydrogen-bond acceptors (Lipinski definition) is 6. The Morgan fingerprint density at radius 3 is 2.59 bits per heavy atom. The smallest absolute Gasteiger partial charge is 0.308 e. The number of rotatable bonds is 5. The lowest BCUT2D eigenvalue weighted by atomic mass is 10.1. The van der Waals surface area contributed by atoms with Crippen LogP contribution >= 0.6 is 12.2 Å². The van der Waals surface area contributed by atoms with E-state index in [0.717, 1.165) is 0 Å². The second-order valence-corrected chi connectivity index (χ2v) is 6.62. The van der Waals surface area contributed by atoms with E-state index in [1.54, 1.807) is 38.1 Å². The zero-order valence-corrected chi connectivity index (χ0v) is 16.3. The highest BCUT2D eigenvalue weighted by Crippen LogP contribution is 2.13. The van der Waals surface area contributed by atoms with Crippen molar-refractivity contribution in [2.45, 2.75) is 32.4 Å². The van der Waals surface area contributed by atoms with Crippen LogP contribution in [0.3, 0.4) is 0 Å². The van der Waals surface area contributed by atoms with E-state index in [0.29, 0.717) is 24.4 Å². The predicted octanol–water partition coefficient (Wildman–Crippen LogP) is 0.852. The number of carbonyl (C=O) groups excluding carboxylic acids is 3. The molecule has 0 aromatic heterocycles. The lowest BCUT2D eigenvalue weighted by Crippen LogP contribution is -2.60. The summed E-state index contributed by atoms with van der Waals surface area (Å²) in [5, 5.41) is 5.40. The highest BCUT2D eigenvalue weighted by atomic mass is 32.1. The molecule has 2 N–H and O–H groups in total. The zero-order valence-electron chi connectivity index (χ0n) is 15.5. The molecule has 1 aliphatic rings. The Balaban J connectivity index is 2.05. The van der Waals surface area contributed by atoms with Crippen LogP contribution in [-0.4, -0.2) is 60.1 Å². The lowest BCUT2D eigenvalue weighted by molar-refractivity contribution is -0.150. The van der Waals surface area contributed by atoms with Gasteiger partial charge in [-0.25, -0.2) is 0 Å². The summed E-state index contributed by atoms with van der Waals surface area (Å²) in [5.74, 6) is -0.605. The van der Waals surface area contributed by atoms with Gasteiger partial charge in [0.05, 0.1) is 19.6 Å². The molecule has 9 heteroatoms. The van der Waals surface area contributed by atoms with E-state index in [1.807, 2.05) is 0 Å². The first kappa shape index (κ1) is 20.6. The van der Waals surface area contributed by atoms with Crippen molar-refractivity contribution in [3.63, 3.8) is 0 Å². The molecule has 1 atom stereocenters. The van der Waals surface area contributed by atoms with Crippen molar-refractivity contribution in [3.8, 4) is 5.75 Å². The van der Waals surface area contributed by atoms with Crippen molar-refractivity contribution in [3.05, 3.63) is 29.8 Å². The van der Waals surface area contributed by atoms with E-state index in [4.69, 9.17) is 21.7 Å². The van der Waals surface area contributed by atoms with Gasteiger partial charge in [-0.1, -0.05) is 0 Å².